The molecule has 0 amide bonds. The van der Waals surface area contributed by atoms with E-state index in [4.69, 9.17) is 46.1 Å². The van der Waals surface area contributed by atoms with Gasteiger partial charge in [-0.25, -0.2) is 0 Å². The summed E-state index contributed by atoms with van der Waals surface area (Å²) in [4.78, 5) is 0. The Morgan fingerprint density at radius 1 is 0.405 bits per heavy atom. The Morgan fingerprint density at radius 3 is 1.05 bits per heavy atom. The van der Waals surface area contributed by atoms with Crippen molar-refractivity contribution in [2.75, 3.05) is 118 Å². The van der Waals surface area contributed by atoms with Gasteiger partial charge in [0.05, 0.1) is 92.5 Å². The highest BCUT2D eigenvalue weighted by atomic mass is 32.2. The topological polar surface area (TPSA) is 92.3 Å². The zero-order chi connectivity index (χ0) is 31.4. The van der Waals surface area contributed by atoms with Gasteiger partial charge in [-0.15, -0.1) is 0 Å². The van der Waals surface area contributed by atoms with Gasteiger partial charge in [0.2, 0.25) is 0 Å². The maximum absolute atomic E-state index is 6.59. The molecule has 10 nitrogen and oxygen atoms in total. The van der Waals surface area contributed by atoms with Crippen LogP contribution in [0.2, 0.25) is 51.9 Å². The minimum absolute atomic E-state index is 0.540. The Labute approximate surface area is 264 Å². The molecule has 0 N–H and O–H groups in total. The predicted octanol–water partition coefficient (Wildman–Crippen LogP) is 5.04. The standard InChI is InChI=1S/C28H64O10SSi3/c1-29-12-13-31-16-17-33-20-21-35-24-25-36-23-22-34-19-18-32-15-14-30-11-9-26-39-27-10-28-42(8,37-40(2,3)4)38-41(5,6)7/h9-28H2,1-8H3. The maximum Gasteiger partial charge on any atom is 0.314 e. The zero-order valence-electron chi connectivity index (χ0n) is 28.1. The Hall–Kier alpha value is 0.601. The van der Waals surface area contributed by atoms with Gasteiger partial charge in [-0.1, -0.05) is 0 Å². The second kappa shape index (κ2) is 27.9. The third-order valence-electron chi connectivity index (χ3n) is 5.20. The molecule has 0 atom stereocenters. The molecule has 0 aromatic carbocycles. The fraction of sp³-hybridized carbons (Fsp3) is 1.00. The van der Waals surface area contributed by atoms with Crippen LogP contribution in [0.25, 0.3) is 0 Å². The minimum Gasteiger partial charge on any atom is -0.437 e. The van der Waals surface area contributed by atoms with E-state index in [1.165, 1.54) is 0 Å². The van der Waals surface area contributed by atoms with Gasteiger partial charge < -0.3 is 46.1 Å². The van der Waals surface area contributed by atoms with E-state index in [1.54, 1.807) is 7.11 Å². The van der Waals surface area contributed by atoms with Gasteiger partial charge in [0.25, 0.3) is 0 Å². The lowest BCUT2D eigenvalue weighted by molar-refractivity contribution is -0.0220. The molecule has 0 rings (SSSR count). The molecule has 0 aromatic heterocycles. The number of ether oxygens (including phenoxy) is 8. The average Bonchev–Trinajstić information content (AvgIpc) is 2.88. The Bertz CT molecular complexity index is 567. The minimum atomic E-state index is -2.10. The number of rotatable bonds is 33. The summed E-state index contributed by atoms with van der Waals surface area (Å²) < 4.78 is 56.5. The van der Waals surface area contributed by atoms with Gasteiger partial charge in [0, 0.05) is 13.7 Å². The molecule has 42 heavy (non-hydrogen) atoms. The lowest BCUT2D eigenvalue weighted by Gasteiger charge is -2.38. The summed E-state index contributed by atoms with van der Waals surface area (Å²) in [6, 6.07) is 1.08. The summed E-state index contributed by atoms with van der Waals surface area (Å²) in [6.07, 6.45) is 2.21. The van der Waals surface area contributed by atoms with Gasteiger partial charge in [0.15, 0.2) is 16.6 Å². The van der Waals surface area contributed by atoms with Crippen LogP contribution in [0, 0.1) is 0 Å². The van der Waals surface area contributed by atoms with Crippen molar-refractivity contribution in [2.45, 2.75) is 64.7 Å². The van der Waals surface area contributed by atoms with Crippen LogP contribution in [-0.4, -0.2) is 143 Å². The molecule has 0 aliphatic rings. The fourth-order valence-corrected chi connectivity index (χ4v) is 17.5. The Morgan fingerprint density at radius 2 is 0.714 bits per heavy atom. The first kappa shape index (κ1) is 42.6. The molecule has 0 heterocycles. The molecule has 0 aromatic rings. The summed E-state index contributed by atoms with van der Waals surface area (Å²) >= 11 is 2.00. The van der Waals surface area contributed by atoms with Crippen molar-refractivity contribution in [3.8, 4) is 0 Å². The molecule has 0 aliphatic carbocycles. The van der Waals surface area contributed by atoms with Gasteiger partial charge in [-0.3, -0.25) is 0 Å². The van der Waals surface area contributed by atoms with Crippen LogP contribution >= 0.6 is 11.8 Å². The van der Waals surface area contributed by atoms with Crippen molar-refractivity contribution in [2.24, 2.45) is 0 Å². The largest absolute Gasteiger partial charge is 0.437 e. The van der Waals surface area contributed by atoms with Crippen molar-refractivity contribution in [1.82, 2.24) is 0 Å². The second-order valence-corrected chi connectivity index (χ2v) is 26.0. The monoisotopic (exact) mass is 676 g/mol. The van der Waals surface area contributed by atoms with E-state index in [1.807, 2.05) is 11.8 Å². The number of thioether (sulfide) groups is 1. The van der Waals surface area contributed by atoms with Crippen LogP contribution in [0.15, 0.2) is 0 Å². The van der Waals surface area contributed by atoms with Crippen molar-refractivity contribution in [1.29, 1.82) is 0 Å². The van der Waals surface area contributed by atoms with Gasteiger partial charge in [-0.05, 0) is 76.2 Å². The van der Waals surface area contributed by atoms with E-state index < -0.39 is 25.2 Å². The van der Waals surface area contributed by atoms with Crippen molar-refractivity contribution in [3.63, 3.8) is 0 Å². The lowest BCUT2D eigenvalue weighted by atomic mass is 10.5. The summed E-state index contributed by atoms with van der Waals surface area (Å²) in [5, 5.41) is 0. The quantitative estimate of drug-likeness (QED) is 0.0692. The zero-order valence-corrected chi connectivity index (χ0v) is 31.9. The molecule has 0 spiro atoms. The molecule has 0 unspecified atom stereocenters. The van der Waals surface area contributed by atoms with Gasteiger partial charge in [0.1, 0.15) is 0 Å². The van der Waals surface area contributed by atoms with Crippen LogP contribution in [-0.2, 0) is 46.1 Å². The molecule has 0 radical (unpaired) electrons. The SMILES string of the molecule is COCCOCCOCCOCCOCCOCCOCCOCCCSCCC[Si](C)(O[Si](C)(C)C)O[Si](C)(C)C. The van der Waals surface area contributed by atoms with E-state index in [0.29, 0.717) is 92.5 Å². The average molecular weight is 677 g/mol. The summed E-state index contributed by atoms with van der Waals surface area (Å²) in [5.74, 6) is 2.27. The summed E-state index contributed by atoms with van der Waals surface area (Å²) in [5.41, 5.74) is 0. The molecule has 254 valence electrons. The van der Waals surface area contributed by atoms with Crippen molar-refractivity contribution >= 4 is 37.0 Å². The number of hydrogen-bond donors (Lipinski definition) is 0. The number of hydrogen-bond acceptors (Lipinski definition) is 11. The van der Waals surface area contributed by atoms with Gasteiger partial charge in [-0.2, -0.15) is 11.8 Å². The molecule has 0 saturated carbocycles. The highest BCUT2D eigenvalue weighted by Gasteiger charge is 2.39. The fourth-order valence-electron chi connectivity index (χ4n) is 3.84. The third kappa shape index (κ3) is 33.5. The molecule has 0 fully saturated rings. The highest BCUT2D eigenvalue weighted by molar-refractivity contribution is 7.99. The first-order valence-electron chi connectivity index (χ1n) is 15.5. The second-order valence-electron chi connectivity index (χ2n) is 11.9. The van der Waals surface area contributed by atoms with Crippen LogP contribution in [0.1, 0.15) is 12.8 Å². The van der Waals surface area contributed by atoms with Crippen molar-refractivity contribution < 1.29 is 46.1 Å². The molecule has 14 heteroatoms. The summed E-state index contributed by atoms with van der Waals surface area (Å²) in [7, 11) is -3.67. The predicted molar refractivity (Wildman–Crippen MR) is 179 cm³/mol. The molecular formula is C28H64O10SSi3. The smallest absolute Gasteiger partial charge is 0.314 e. The molecule has 0 saturated heterocycles. The van der Waals surface area contributed by atoms with Crippen LogP contribution < -0.4 is 0 Å². The van der Waals surface area contributed by atoms with E-state index >= 15 is 0 Å². The summed E-state index contributed by atoms with van der Waals surface area (Å²) in [6.45, 7) is 24.5. The molecule has 0 bridgehead atoms. The van der Waals surface area contributed by atoms with E-state index in [2.05, 4.69) is 45.8 Å². The van der Waals surface area contributed by atoms with Crippen LogP contribution in [0.4, 0.5) is 0 Å². The van der Waals surface area contributed by atoms with Gasteiger partial charge >= 0.3 is 8.56 Å². The molecule has 0 aliphatic heterocycles. The van der Waals surface area contributed by atoms with Crippen LogP contribution in [0.5, 0.6) is 0 Å². The Balaban J connectivity index is 3.37. The first-order valence-corrected chi connectivity index (χ1v) is 26.0. The lowest BCUT2D eigenvalue weighted by Crippen LogP contribution is -2.52. The van der Waals surface area contributed by atoms with Crippen molar-refractivity contribution in [3.05, 3.63) is 0 Å². The first-order chi connectivity index (χ1) is 20.0. The normalized spacial score (nSPS) is 12.9. The third-order valence-corrected chi connectivity index (χ3v) is 16.0. The van der Waals surface area contributed by atoms with E-state index in [0.717, 1.165) is 37.0 Å². The molecular weight excluding hydrogens is 613 g/mol. The van der Waals surface area contributed by atoms with E-state index in [-0.39, 0.29) is 0 Å². The van der Waals surface area contributed by atoms with Crippen LogP contribution in [0.3, 0.4) is 0 Å². The maximum atomic E-state index is 6.59. The highest BCUT2D eigenvalue weighted by Crippen LogP contribution is 2.26. The van der Waals surface area contributed by atoms with E-state index in [9.17, 15) is 0 Å². The number of methoxy groups -OCH3 is 1. The Kier molecular flexibility index (Phi) is 28.3.